The van der Waals surface area contributed by atoms with E-state index in [1.54, 1.807) is 13.0 Å². The third kappa shape index (κ3) is 2.46. The van der Waals surface area contributed by atoms with E-state index in [-0.39, 0.29) is 18.2 Å². The van der Waals surface area contributed by atoms with Crippen LogP contribution in [0.25, 0.3) is 10.9 Å². The Bertz CT molecular complexity index is 831. The molecule has 0 spiro atoms. The second-order valence-corrected chi connectivity index (χ2v) is 6.26. The van der Waals surface area contributed by atoms with E-state index < -0.39 is 5.41 Å². The Morgan fingerprint density at radius 2 is 2.04 bits per heavy atom. The van der Waals surface area contributed by atoms with E-state index in [1.165, 1.54) is 5.56 Å². The summed E-state index contributed by atoms with van der Waals surface area (Å²) in [6, 6.07) is 6.03. The monoisotopic (exact) mass is 325 g/mol. The normalized spacial score (nSPS) is 19.5. The predicted molar refractivity (Wildman–Crippen MR) is 94.4 cm³/mol. The van der Waals surface area contributed by atoms with Gasteiger partial charge in [0.1, 0.15) is 0 Å². The number of aryl methyl sites for hydroxylation is 1. The predicted octanol–water partition coefficient (Wildman–Crippen LogP) is 4.08. The van der Waals surface area contributed by atoms with Gasteiger partial charge >= 0.3 is 5.97 Å². The van der Waals surface area contributed by atoms with Crippen molar-refractivity contribution in [2.75, 3.05) is 6.61 Å². The highest BCUT2D eigenvalue weighted by molar-refractivity contribution is 6.16. The lowest BCUT2D eigenvalue weighted by Gasteiger charge is -2.31. The lowest BCUT2D eigenvalue weighted by Crippen LogP contribution is -2.32. The minimum atomic E-state index is -0.514. The number of para-hydroxylation sites is 1. The van der Waals surface area contributed by atoms with Crippen molar-refractivity contribution >= 4 is 22.7 Å². The molecule has 2 aromatic rings. The largest absolute Gasteiger partial charge is 0.466 e. The Labute approximate surface area is 141 Å². The van der Waals surface area contributed by atoms with Crippen LogP contribution in [-0.4, -0.2) is 23.3 Å². The molecule has 0 fully saturated rings. The lowest BCUT2D eigenvalue weighted by molar-refractivity contribution is -0.144. The molecule has 0 amide bonds. The van der Waals surface area contributed by atoms with E-state index in [2.05, 4.69) is 18.0 Å². The Hall–Kier alpha value is -2.36. The zero-order valence-corrected chi connectivity index (χ0v) is 14.4. The fraction of sp³-hybridized carbons (Fsp3) is 0.400. The molecular formula is C20H23NO3. The molecule has 3 rings (SSSR count). The standard InChI is InChI=1S/C20H23NO3/c1-4-13-8-7-9-14-17-15(22)10-11-20(5-2,12-16(23)24-6-3)19(17)21-18(13)14/h7-11,21H,4-6,12H2,1-3H3. The maximum absolute atomic E-state index is 12.6. The highest BCUT2D eigenvalue weighted by atomic mass is 16.5. The van der Waals surface area contributed by atoms with Gasteiger partial charge in [-0.1, -0.05) is 38.1 Å². The molecule has 24 heavy (non-hydrogen) atoms. The summed E-state index contributed by atoms with van der Waals surface area (Å²) in [5.74, 6) is -0.240. The molecule has 1 atom stereocenters. The zero-order chi connectivity index (χ0) is 17.3. The number of rotatable bonds is 5. The van der Waals surface area contributed by atoms with Gasteiger partial charge in [-0.2, -0.15) is 0 Å². The van der Waals surface area contributed by atoms with Gasteiger partial charge in [0.2, 0.25) is 0 Å². The average Bonchev–Trinajstić information content (AvgIpc) is 2.99. The molecule has 0 saturated carbocycles. The Morgan fingerprint density at radius 1 is 1.25 bits per heavy atom. The molecule has 0 radical (unpaired) electrons. The van der Waals surface area contributed by atoms with Crippen LogP contribution in [-0.2, 0) is 21.4 Å². The molecule has 1 N–H and O–H groups in total. The maximum atomic E-state index is 12.6. The second-order valence-electron chi connectivity index (χ2n) is 6.26. The number of fused-ring (bicyclic) bond motifs is 3. The van der Waals surface area contributed by atoms with E-state index >= 15 is 0 Å². The van der Waals surface area contributed by atoms with Crippen molar-refractivity contribution in [1.29, 1.82) is 0 Å². The number of hydrogen-bond acceptors (Lipinski definition) is 3. The fourth-order valence-electron chi connectivity index (χ4n) is 3.64. The second kappa shape index (κ2) is 6.27. The van der Waals surface area contributed by atoms with E-state index in [0.717, 1.165) is 29.4 Å². The van der Waals surface area contributed by atoms with Gasteiger partial charge in [0.25, 0.3) is 0 Å². The van der Waals surface area contributed by atoms with Crippen LogP contribution in [0.4, 0.5) is 0 Å². The molecule has 1 aliphatic rings. The Kier molecular flexibility index (Phi) is 4.31. The van der Waals surface area contributed by atoms with Crippen LogP contribution in [0.5, 0.6) is 0 Å². The van der Waals surface area contributed by atoms with Crippen LogP contribution in [0.1, 0.15) is 55.2 Å². The molecule has 1 aromatic heterocycles. The number of allylic oxidation sites excluding steroid dienone is 2. The quantitative estimate of drug-likeness (QED) is 0.843. The minimum absolute atomic E-state index is 0.00237. The molecule has 0 bridgehead atoms. The number of nitrogens with one attached hydrogen (secondary N) is 1. The van der Waals surface area contributed by atoms with E-state index in [9.17, 15) is 9.59 Å². The Morgan fingerprint density at radius 3 is 2.71 bits per heavy atom. The van der Waals surface area contributed by atoms with Gasteiger partial charge in [-0.3, -0.25) is 9.59 Å². The number of hydrogen-bond donors (Lipinski definition) is 1. The number of ether oxygens (including phenoxy) is 1. The molecule has 4 nitrogen and oxygen atoms in total. The number of benzene rings is 1. The third-order valence-corrected chi connectivity index (χ3v) is 5.00. The van der Waals surface area contributed by atoms with E-state index in [4.69, 9.17) is 4.74 Å². The molecule has 0 aliphatic heterocycles. The lowest BCUT2D eigenvalue weighted by atomic mass is 9.73. The zero-order valence-electron chi connectivity index (χ0n) is 14.4. The summed E-state index contributed by atoms with van der Waals surface area (Å²) < 4.78 is 5.16. The number of carbonyl (C=O) groups is 2. The highest BCUT2D eigenvalue weighted by Crippen LogP contribution is 2.42. The summed E-state index contributed by atoms with van der Waals surface area (Å²) in [4.78, 5) is 28.2. The third-order valence-electron chi connectivity index (χ3n) is 5.00. The van der Waals surface area contributed by atoms with Crippen molar-refractivity contribution in [3.63, 3.8) is 0 Å². The number of ketones is 1. The number of carbonyl (C=O) groups excluding carboxylic acids is 2. The molecular weight excluding hydrogens is 302 g/mol. The van der Waals surface area contributed by atoms with Crippen molar-refractivity contribution in [2.45, 2.75) is 45.4 Å². The first-order valence-electron chi connectivity index (χ1n) is 8.59. The van der Waals surface area contributed by atoms with Crippen LogP contribution < -0.4 is 0 Å². The SMILES string of the molecule is CCOC(=O)CC1(CC)C=CC(=O)c2c1[nH]c1c(CC)cccc21. The van der Waals surface area contributed by atoms with Gasteiger partial charge in [0.05, 0.1) is 18.6 Å². The van der Waals surface area contributed by atoms with Gasteiger partial charge in [-0.25, -0.2) is 0 Å². The van der Waals surface area contributed by atoms with Crippen molar-refractivity contribution in [1.82, 2.24) is 4.98 Å². The minimum Gasteiger partial charge on any atom is -0.466 e. The van der Waals surface area contributed by atoms with Crippen LogP contribution in [0.2, 0.25) is 0 Å². The van der Waals surface area contributed by atoms with Gasteiger partial charge in [0.15, 0.2) is 5.78 Å². The molecule has 4 heteroatoms. The first-order chi connectivity index (χ1) is 11.6. The molecule has 126 valence electrons. The molecule has 1 heterocycles. The summed E-state index contributed by atoms with van der Waals surface area (Å²) in [6.45, 7) is 6.30. The summed E-state index contributed by atoms with van der Waals surface area (Å²) in [5, 5.41) is 0.945. The molecule has 1 aromatic carbocycles. The van der Waals surface area contributed by atoms with Crippen molar-refractivity contribution in [2.24, 2.45) is 0 Å². The smallest absolute Gasteiger partial charge is 0.307 e. The van der Waals surface area contributed by atoms with Crippen LogP contribution in [0, 0.1) is 0 Å². The van der Waals surface area contributed by atoms with Crippen molar-refractivity contribution < 1.29 is 14.3 Å². The van der Waals surface area contributed by atoms with Gasteiger partial charge < -0.3 is 9.72 Å². The van der Waals surface area contributed by atoms with Crippen LogP contribution in [0.3, 0.4) is 0 Å². The van der Waals surface area contributed by atoms with Crippen LogP contribution in [0.15, 0.2) is 30.4 Å². The fourth-order valence-corrected chi connectivity index (χ4v) is 3.64. The van der Waals surface area contributed by atoms with Gasteiger partial charge in [-0.15, -0.1) is 0 Å². The number of aromatic nitrogens is 1. The molecule has 1 unspecified atom stereocenters. The maximum Gasteiger partial charge on any atom is 0.307 e. The highest BCUT2D eigenvalue weighted by Gasteiger charge is 2.39. The average molecular weight is 325 g/mol. The van der Waals surface area contributed by atoms with E-state index in [0.29, 0.717) is 12.2 Å². The van der Waals surface area contributed by atoms with Crippen LogP contribution >= 0.6 is 0 Å². The van der Waals surface area contributed by atoms with E-state index in [1.807, 2.05) is 25.1 Å². The summed E-state index contributed by atoms with van der Waals surface area (Å²) in [6.07, 6.45) is 5.32. The molecule has 0 saturated heterocycles. The summed E-state index contributed by atoms with van der Waals surface area (Å²) in [5.41, 5.74) is 3.22. The first-order valence-corrected chi connectivity index (χ1v) is 8.59. The van der Waals surface area contributed by atoms with Crippen molar-refractivity contribution in [3.05, 3.63) is 47.2 Å². The van der Waals surface area contributed by atoms with Crippen molar-refractivity contribution in [3.8, 4) is 0 Å². The number of H-pyrrole nitrogens is 1. The first kappa shape index (κ1) is 16.5. The molecule has 1 aliphatic carbocycles. The Balaban J connectivity index is 2.21. The summed E-state index contributed by atoms with van der Waals surface area (Å²) in [7, 11) is 0. The number of aromatic amines is 1. The van der Waals surface area contributed by atoms with Gasteiger partial charge in [-0.05, 0) is 31.4 Å². The summed E-state index contributed by atoms with van der Waals surface area (Å²) >= 11 is 0. The van der Waals surface area contributed by atoms with Gasteiger partial charge in [0, 0.05) is 22.0 Å². The number of esters is 1. The topological polar surface area (TPSA) is 59.2 Å².